The number of hydrogen-bond donors (Lipinski definition) is 2. The van der Waals surface area contributed by atoms with Gasteiger partial charge in [0.15, 0.2) is 11.2 Å². The fourth-order valence-corrected chi connectivity index (χ4v) is 2.87. The number of carbonyl (C=O) groups is 2. The van der Waals surface area contributed by atoms with Crippen LogP contribution in [0, 0.1) is 11.3 Å². The molecule has 90 valence electrons. The Kier molecular flexibility index (Phi) is 2.99. The second-order valence-corrected chi connectivity index (χ2v) is 4.61. The van der Waals surface area contributed by atoms with Crippen molar-refractivity contribution in [2.45, 2.75) is 31.8 Å². The highest BCUT2D eigenvalue weighted by atomic mass is 16.5. The van der Waals surface area contributed by atoms with Gasteiger partial charge in [-0.05, 0) is 12.8 Å². The topological polar surface area (TPSA) is 83.8 Å². The van der Waals surface area contributed by atoms with Crippen LogP contribution in [0.4, 0.5) is 0 Å². The van der Waals surface area contributed by atoms with Crippen LogP contribution in [0.5, 0.6) is 0 Å². The molecular formula is C11H16O5. The number of Topliss-reactive ketones (excluding diaryl/α,β-unsaturated/α-hetero) is 1. The minimum Gasteiger partial charge on any atom is -0.480 e. The minimum atomic E-state index is -1.51. The van der Waals surface area contributed by atoms with Gasteiger partial charge in [-0.15, -0.1) is 0 Å². The van der Waals surface area contributed by atoms with Crippen molar-refractivity contribution < 1.29 is 24.5 Å². The van der Waals surface area contributed by atoms with Crippen molar-refractivity contribution in [3.63, 3.8) is 0 Å². The van der Waals surface area contributed by atoms with Crippen LogP contribution in [0.15, 0.2) is 0 Å². The van der Waals surface area contributed by atoms with Gasteiger partial charge in [-0.1, -0.05) is 6.42 Å². The van der Waals surface area contributed by atoms with E-state index in [9.17, 15) is 19.8 Å². The lowest BCUT2D eigenvalue weighted by Crippen LogP contribution is -2.54. The summed E-state index contributed by atoms with van der Waals surface area (Å²) in [6.45, 7) is 0.194. The number of carboxylic acids is 1. The van der Waals surface area contributed by atoms with E-state index in [4.69, 9.17) is 4.74 Å². The normalized spacial score (nSPS) is 39.9. The van der Waals surface area contributed by atoms with Gasteiger partial charge in [-0.2, -0.15) is 0 Å². The Labute approximate surface area is 93.4 Å². The monoisotopic (exact) mass is 228 g/mol. The number of aliphatic hydroxyl groups is 1. The highest BCUT2D eigenvalue weighted by Crippen LogP contribution is 2.43. The van der Waals surface area contributed by atoms with Crippen LogP contribution in [0.25, 0.3) is 0 Å². The van der Waals surface area contributed by atoms with Crippen molar-refractivity contribution in [3.05, 3.63) is 0 Å². The van der Waals surface area contributed by atoms with Gasteiger partial charge in [-0.25, -0.2) is 0 Å². The molecule has 2 aliphatic rings. The minimum absolute atomic E-state index is 0.0944. The number of ether oxygens (including phenoxy) is 1. The Balaban J connectivity index is 2.33. The van der Waals surface area contributed by atoms with Crippen molar-refractivity contribution in [1.29, 1.82) is 0 Å². The Bertz CT molecular complexity index is 313. The summed E-state index contributed by atoms with van der Waals surface area (Å²) in [5.41, 5.74) is -1.51. The SMILES string of the molecule is O=C(O)C1(C2CCCC2O)COCCC1=O. The van der Waals surface area contributed by atoms with Gasteiger partial charge in [0.25, 0.3) is 0 Å². The van der Waals surface area contributed by atoms with Crippen LogP contribution in [0.3, 0.4) is 0 Å². The van der Waals surface area contributed by atoms with Crippen molar-refractivity contribution in [2.24, 2.45) is 11.3 Å². The van der Waals surface area contributed by atoms with E-state index in [-0.39, 0.29) is 25.4 Å². The summed E-state index contributed by atoms with van der Waals surface area (Å²) >= 11 is 0. The maximum absolute atomic E-state index is 11.9. The molecule has 2 rings (SSSR count). The predicted octanol–water partition coefficient (Wildman–Crippen LogP) is 0.208. The van der Waals surface area contributed by atoms with Crippen molar-refractivity contribution >= 4 is 11.8 Å². The lowest BCUT2D eigenvalue weighted by Gasteiger charge is -2.37. The zero-order valence-corrected chi connectivity index (χ0v) is 9.02. The molecule has 16 heavy (non-hydrogen) atoms. The lowest BCUT2D eigenvalue weighted by atomic mass is 9.69. The third kappa shape index (κ3) is 1.55. The molecule has 1 saturated heterocycles. The van der Waals surface area contributed by atoms with Gasteiger partial charge in [0.2, 0.25) is 0 Å². The first-order valence-electron chi connectivity index (χ1n) is 5.61. The van der Waals surface area contributed by atoms with Crippen LogP contribution in [-0.4, -0.2) is 41.3 Å². The Hall–Kier alpha value is -0.940. The summed E-state index contributed by atoms with van der Waals surface area (Å²) in [6.07, 6.45) is 1.38. The molecule has 0 aromatic heterocycles. The molecule has 5 nitrogen and oxygen atoms in total. The summed E-state index contributed by atoms with van der Waals surface area (Å²) in [4.78, 5) is 23.3. The molecular weight excluding hydrogens is 212 g/mol. The summed E-state index contributed by atoms with van der Waals surface area (Å²) in [7, 11) is 0. The van der Waals surface area contributed by atoms with E-state index in [0.29, 0.717) is 12.8 Å². The molecule has 1 aliphatic carbocycles. The van der Waals surface area contributed by atoms with Gasteiger partial charge >= 0.3 is 5.97 Å². The molecule has 0 spiro atoms. The van der Waals surface area contributed by atoms with E-state index in [0.717, 1.165) is 6.42 Å². The van der Waals surface area contributed by atoms with Crippen LogP contribution >= 0.6 is 0 Å². The van der Waals surface area contributed by atoms with E-state index >= 15 is 0 Å². The van der Waals surface area contributed by atoms with E-state index in [1.165, 1.54) is 0 Å². The molecule has 2 N–H and O–H groups in total. The maximum atomic E-state index is 11.9. The molecule has 0 radical (unpaired) electrons. The average molecular weight is 228 g/mol. The lowest BCUT2D eigenvalue weighted by molar-refractivity contribution is -0.173. The first kappa shape index (κ1) is 11.5. The average Bonchev–Trinajstić information content (AvgIpc) is 2.65. The molecule has 1 aliphatic heterocycles. The second-order valence-electron chi connectivity index (χ2n) is 4.61. The molecule has 3 unspecified atom stereocenters. The maximum Gasteiger partial charge on any atom is 0.319 e. The quantitative estimate of drug-likeness (QED) is 0.660. The second kappa shape index (κ2) is 4.14. The molecule has 0 aromatic carbocycles. The summed E-state index contributed by atoms with van der Waals surface area (Å²) < 4.78 is 5.17. The van der Waals surface area contributed by atoms with Crippen LogP contribution in [0.1, 0.15) is 25.7 Å². The zero-order valence-electron chi connectivity index (χ0n) is 9.02. The standard InChI is InChI=1S/C11H16O5/c12-8-3-1-2-7(8)11(10(14)15)6-16-5-4-9(11)13/h7-8,12H,1-6H2,(H,14,15). The fraction of sp³-hybridized carbons (Fsp3) is 0.818. The Morgan fingerprint density at radius 1 is 1.44 bits per heavy atom. The summed E-state index contributed by atoms with van der Waals surface area (Å²) in [6, 6.07) is 0. The third-order valence-corrected chi connectivity index (χ3v) is 3.79. The van der Waals surface area contributed by atoms with E-state index < -0.39 is 23.4 Å². The first-order valence-corrected chi connectivity index (χ1v) is 5.61. The molecule has 0 aromatic rings. The Morgan fingerprint density at radius 2 is 2.19 bits per heavy atom. The van der Waals surface area contributed by atoms with Gasteiger partial charge in [-0.3, -0.25) is 9.59 Å². The predicted molar refractivity (Wildman–Crippen MR) is 53.9 cm³/mol. The van der Waals surface area contributed by atoms with Crippen molar-refractivity contribution in [3.8, 4) is 0 Å². The van der Waals surface area contributed by atoms with E-state index in [1.807, 2.05) is 0 Å². The number of hydrogen-bond acceptors (Lipinski definition) is 4. The van der Waals surface area contributed by atoms with Gasteiger partial charge in [0.05, 0.1) is 19.3 Å². The first-order chi connectivity index (χ1) is 7.59. The number of ketones is 1. The van der Waals surface area contributed by atoms with E-state index in [1.54, 1.807) is 0 Å². The van der Waals surface area contributed by atoms with Gasteiger partial charge in [0, 0.05) is 12.3 Å². The van der Waals surface area contributed by atoms with E-state index in [2.05, 4.69) is 0 Å². The fourth-order valence-electron chi connectivity index (χ4n) is 2.87. The van der Waals surface area contributed by atoms with Crippen LogP contribution in [0.2, 0.25) is 0 Å². The molecule has 2 fully saturated rings. The largest absolute Gasteiger partial charge is 0.480 e. The molecule has 0 bridgehead atoms. The molecule has 1 saturated carbocycles. The molecule has 0 amide bonds. The van der Waals surface area contributed by atoms with Crippen molar-refractivity contribution in [1.82, 2.24) is 0 Å². The number of aliphatic hydroxyl groups excluding tert-OH is 1. The number of aliphatic carboxylic acids is 1. The number of rotatable bonds is 2. The highest BCUT2D eigenvalue weighted by molar-refractivity contribution is 6.04. The Morgan fingerprint density at radius 3 is 2.69 bits per heavy atom. The zero-order chi connectivity index (χ0) is 11.8. The smallest absolute Gasteiger partial charge is 0.319 e. The highest BCUT2D eigenvalue weighted by Gasteiger charge is 2.56. The van der Waals surface area contributed by atoms with Gasteiger partial charge in [0.1, 0.15) is 0 Å². The number of carboxylic acid groups (broad SMARTS) is 1. The number of carbonyl (C=O) groups excluding carboxylic acids is 1. The van der Waals surface area contributed by atoms with Crippen molar-refractivity contribution in [2.75, 3.05) is 13.2 Å². The molecule has 3 atom stereocenters. The summed E-state index contributed by atoms with van der Waals surface area (Å²) in [5, 5.41) is 19.1. The third-order valence-electron chi connectivity index (χ3n) is 3.79. The van der Waals surface area contributed by atoms with Gasteiger partial charge < -0.3 is 14.9 Å². The molecule has 5 heteroatoms. The molecule has 1 heterocycles. The van der Waals surface area contributed by atoms with Crippen LogP contribution in [-0.2, 0) is 14.3 Å². The summed E-state index contributed by atoms with van der Waals surface area (Å²) in [5.74, 6) is -1.93. The van der Waals surface area contributed by atoms with Crippen LogP contribution < -0.4 is 0 Å².